The fourth-order valence-electron chi connectivity index (χ4n) is 2.27. The lowest BCUT2D eigenvalue weighted by Crippen LogP contribution is -2.17. The first-order valence-corrected chi connectivity index (χ1v) is 7.61. The van der Waals surface area contributed by atoms with Gasteiger partial charge in [-0.15, -0.1) is 0 Å². The number of benzene rings is 2. The van der Waals surface area contributed by atoms with Crippen molar-refractivity contribution in [2.24, 2.45) is 0 Å². The molecule has 0 unspecified atom stereocenters. The van der Waals surface area contributed by atoms with Gasteiger partial charge in [0.05, 0.1) is 25.5 Å². The fourth-order valence-corrected chi connectivity index (χ4v) is 2.27. The number of nitrogens with zero attached hydrogens (tertiary/aromatic N) is 1. The number of ether oxygens (including phenoxy) is 2. The van der Waals surface area contributed by atoms with E-state index in [0.29, 0.717) is 17.1 Å². The van der Waals surface area contributed by atoms with Gasteiger partial charge in [-0.3, -0.25) is 4.79 Å². The van der Waals surface area contributed by atoms with Crippen LogP contribution in [0.5, 0.6) is 11.5 Å². The van der Waals surface area contributed by atoms with E-state index < -0.39 is 23.3 Å². The molecule has 0 fully saturated rings. The van der Waals surface area contributed by atoms with Crippen molar-refractivity contribution in [3.05, 3.63) is 59.2 Å². The first-order chi connectivity index (χ1) is 12.8. The zero-order valence-corrected chi connectivity index (χ0v) is 14.4. The van der Waals surface area contributed by atoms with E-state index in [-0.39, 0.29) is 5.57 Å². The molecule has 2 rings (SSSR count). The van der Waals surface area contributed by atoms with Gasteiger partial charge in [0.1, 0.15) is 23.1 Å². The smallest absolute Gasteiger partial charge is 0.418 e. The fraction of sp³-hybridized carbons (Fsp3) is 0.158. The minimum Gasteiger partial charge on any atom is -0.497 e. The molecule has 0 spiro atoms. The van der Waals surface area contributed by atoms with E-state index in [2.05, 4.69) is 5.32 Å². The van der Waals surface area contributed by atoms with Gasteiger partial charge >= 0.3 is 6.18 Å². The van der Waals surface area contributed by atoms with Crippen molar-refractivity contribution in [1.82, 2.24) is 0 Å². The topological polar surface area (TPSA) is 71.3 Å². The Balaban J connectivity index is 2.36. The van der Waals surface area contributed by atoms with Crippen LogP contribution in [0.4, 0.5) is 18.9 Å². The maximum absolute atomic E-state index is 13.0. The predicted molar refractivity (Wildman–Crippen MR) is 93.2 cm³/mol. The van der Waals surface area contributed by atoms with Gasteiger partial charge in [-0.1, -0.05) is 12.1 Å². The Labute approximate surface area is 153 Å². The van der Waals surface area contributed by atoms with Crippen LogP contribution < -0.4 is 14.8 Å². The van der Waals surface area contributed by atoms with Crippen molar-refractivity contribution in [3.63, 3.8) is 0 Å². The van der Waals surface area contributed by atoms with E-state index >= 15 is 0 Å². The minimum atomic E-state index is -4.64. The molecule has 0 aliphatic heterocycles. The standard InChI is InChI=1S/C19H15F3N2O3/c1-26-14-8-7-12(17(10-14)27-2)9-13(11-23)18(25)24-16-6-4-3-5-15(16)19(20,21)22/h3-10H,1-2H3,(H,24,25)/b13-9+. The van der Waals surface area contributed by atoms with Crippen LogP contribution in [0.25, 0.3) is 6.08 Å². The highest BCUT2D eigenvalue weighted by Gasteiger charge is 2.33. The number of amides is 1. The van der Waals surface area contributed by atoms with Crippen LogP contribution in [0.2, 0.25) is 0 Å². The summed E-state index contributed by atoms with van der Waals surface area (Å²) in [6.45, 7) is 0. The zero-order valence-electron chi connectivity index (χ0n) is 14.4. The molecule has 0 aliphatic carbocycles. The maximum Gasteiger partial charge on any atom is 0.418 e. The Morgan fingerprint density at radius 2 is 1.85 bits per heavy atom. The van der Waals surface area contributed by atoms with Crippen LogP contribution >= 0.6 is 0 Å². The number of methoxy groups -OCH3 is 2. The predicted octanol–water partition coefficient (Wildman–Crippen LogP) is 4.27. The molecule has 2 aromatic rings. The first kappa shape index (κ1) is 19.8. The second kappa shape index (κ2) is 8.27. The van der Waals surface area contributed by atoms with Gasteiger partial charge in [0, 0.05) is 11.6 Å². The van der Waals surface area contributed by atoms with Gasteiger partial charge in [0.25, 0.3) is 5.91 Å². The highest BCUT2D eigenvalue weighted by Crippen LogP contribution is 2.35. The van der Waals surface area contributed by atoms with E-state index in [1.54, 1.807) is 24.3 Å². The number of para-hydroxylation sites is 1. The third kappa shape index (κ3) is 4.79. The highest BCUT2D eigenvalue weighted by molar-refractivity contribution is 6.10. The Kier molecular flexibility index (Phi) is 6.08. The summed E-state index contributed by atoms with van der Waals surface area (Å²) in [5.74, 6) is -0.122. The summed E-state index contributed by atoms with van der Waals surface area (Å²) < 4.78 is 49.4. The van der Waals surface area contributed by atoms with E-state index in [0.717, 1.165) is 12.1 Å². The quantitative estimate of drug-likeness (QED) is 0.625. The van der Waals surface area contributed by atoms with Gasteiger partial charge in [0.2, 0.25) is 0 Å². The van der Waals surface area contributed by atoms with Crippen molar-refractivity contribution >= 4 is 17.7 Å². The van der Waals surface area contributed by atoms with Crippen LogP contribution in [0.3, 0.4) is 0 Å². The molecule has 0 aromatic heterocycles. The maximum atomic E-state index is 13.0. The summed E-state index contributed by atoms with van der Waals surface area (Å²) in [6, 6.07) is 10.9. The Bertz CT molecular complexity index is 915. The number of carbonyl (C=O) groups is 1. The van der Waals surface area contributed by atoms with E-state index in [1.165, 1.54) is 32.4 Å². The van der Waals surface area contributed by atoms with Crippen LogP contribution in [0, 0.1) is 11.3 Å². The van der Waals surface area contributed by atoms with Gasteiger partial charge in [-0.05, 0) is 30.3 Å². The van der Waals surface area contributed by atoms with Crippen molar-refractivity contribution in [2.45, 2.75) is 6.18 Å². The summed E-state index contributed by atoms with van der Waals surface area (Å²) >= 11 is 0. The van der Waals surface area contributed by atoms with Crippen molar-refractivity contribution in [2.75, 3.05) is 19.5 Å². The van der Waals surface area contributed by atoms with Crippen LogP contribution in [0.1, 0.15) is 11.1 Å². The molecule has 5 nitrogen and oxygen atoms in total. The molecule has 0 bridgehead atoms. The molecule has 0 saturated carbocycles. The number of alkyl halides is 3. The Morgan fingerprint density at radius 1 is 1.15 bits per heavy atom. The van der Waals surface area contributed by atoms with Gasteiger partial charge < -0.3 is 14.8 Å². The number of anilines is 1. The van der Waals surface area contributed by atoms with E-state index in [1.807, 2.05) is 0 Å². The molecule has 0 aliphatic rings. The van der Waals surface area contributed by atoms with E-state index in [4.69, 9.17) is 9.47 Å². The molecule has 2 aromatic carbocycles. The molecular formula is C19H15F3N2O3. The third-order valence-electron chi connectivity index (χ3n) is 3.59. The summed E-state index contributed by atoms with van der Waals surface area (Å²) in [7, 11) is 2.87. The van der Waals surface area contributed by atoms with Crippen LogP contribution in [-0.4, -0.2) is 20.1 Å². The molecular weight excluding hydrogens is 361 g/mol. The van der Waals surface area contributed by atoms with Gasteiger partial charge in [-0.2, -0.15) is 18.4 Å². The number of carbonyl (C=O) groups excluding carboxylic acids is 1. The molecule has 0 atom stereocenters. The van der Waals surface area contributed by atoms with Crippen LogP contribution in [0.15, 0.2) is 48.0 Å². The largest absolute Gasteiger partial charge is 0.497 e. The normalized spacial score (nSPS) is 11.5. The lowest BCUT2D eigenvalue weighted by molar-refractivity contribution is -0.137. The number of hydrogen-bond acceptors (Lipinski definition) is 4. The van der Waals surface area contributed by atoms with Crippen molar-refractivity contribution in [1.29, 1.82) is 5.26 Å². The number of rotatable bonds is 5. The lowest BCUT2D eigenvalue weighted by atomic mass is 10.1. The molecule has 8 heteroatoms. The van der Waals surface area contributed by atoms with Gasteiger partial charge in [0.15, 0.2) is 0 Å². The van der Waals surface area contributed by atoms with Crippen molar-refractivity contribution in [3.8, 4) is 17.6 Å². The highest BCUT2D eigenvalue weighted by atomic mass is 19.4. The minimum absolute atomic E-state index is 0.339. The summed E-state index contributed by atoms with van der Waals surface area (Å²) in [5, 5.41) is 11.4. The average Bonchev–Trinajstić information content (AvgIpc) is 2.65. The molecule has 0 heterocycles. The third-order valence-corrected chi connectivity index (χ3v) is 3.59. The second-order valence-corrected chi connectivity index (χ2v) is 5.28. The SMILES string of the molecule is COc1ccc(/C=C(\C#N)C(=O)Nc2ccccc2C(F)(F)F)c(OC)c1. The van der Waals surface area contributed by atoms with Gasteiger partial charge in [-0.25, -0.2) is 0 Å². The number of halogens is 3. The zero-order chi connectivity index (χ0) is 20.0. The Morgan fingerprint density at radius 3 is 2.44 bits per heavy atom. The Hall–Kier alpha value is -3.47. The first-order valence-electron chi connectivity index (χ1n) is 7.61. The van der Waals surface area contributed by atoms with Crippen molar-refractivity contribution < 1.29 is 27.4 Å². The van der Waals surface area contributed by atoms with E-state index in [9.17, 15) is 23.2 Å². The summed E-state index contributed by atoms with van der Waals surface area (Å²) in [5.41, 5.74) is -1.42. The number of nitrogens with one attached hydrogen (secondary N) is 1. The molecule has 1 amide bonds. The lowest BCUT2D eigenvalue weighted by Gasteiger charge is -2.13. The number of hydrogen-bond donors (Lipinski definition) is 1. The average molecular weight is 376 g/mol. The molecule has 140 valence electrons. The van der Waals surface area contributed by atoms with Crippen LogP contribution in [-0.2, 0) is 11.0 Å². The molecule has 0 radical (unpaired) electrons. The summed E-state index contributed by atoms with van der Waals surface area (Å²) in [4.78, 5) is 12.3. The number of nitriles is 1. The molecule has 27 heavy (non-hydrogen) atoms. The second-order valence-electron chi connectivity index (χ2n) is 5.28. The molecule has 0 saturated heterocycles. The molecule has 1 N–H and O–H groups in total. The summed E-state index contributed by atoms with van der Waals surface area (Å²) in [6.07, 6.45) is -3.41. The monoisotopic (exact) mass is 376 g/mol.